The van der Waals surface area contributed by atoms with Crippen molar-refractivity contribution < 1.29 is 13.9 Å². The van der Waals surface area contributed by atoms with Crippen molar-refractivity contribution in [2.75, 3.05) is 0 Å². The van der Waals surface area contributed by atoms with Gasteiger partial charge < -0.3 is 9.15 Å². The fraction of sp³-hybridized carbons (Fsp3) is 0.333. The van der Waals surface area contributed by atoms with Gasteiger partial charge in [0.2, 0.25) is 5.89 Å². The molecule has 4 rings (SSSR count). The average molecular weight is 456 g/mol. The molecule has 0 bridgehead atoms. The van der Waals surface area contributed by atoms with Gasteiger partial charge in [-0.3, -0.25) is 0 Å². The molecule has 4 aromatic rings. The smallest absolute Gasteiger partial charge is 0.343 e. The third-order valence-electron chi connectivity index (χ3n) is 6.19. The fourth-order valence-electron chi connectivity index (χ4n) is 4.08. The number of rotatable bonds is 3. The average Bonchev–Trinajstić information content (AvgIpc) is 3.15. The highest BCUT2D eigenvalue weighted by atomic mass is 16.5. The number of oxazole rings is 1. The van der Waals surface area contributed by atoms with Crippen LogP contribution in [0.3, 0.4) is 0 Å². The van der Waals surface area contributed by atoms with Gasteiger partial charge in [-0.25, -0.2) is 9.78 Å². The lowest BCUT2D eigenvalue weighted by atomic mass is 9.75. The van der Waals surface area contributed by atoms with Crippen LogP contribution in [0.25, 0.3) is 22.6 Å². The van der Waals surface area contributed by atoms with Crippen molar-refractivity contribution in [2.45, 2.75) is 66.2 Å². The van der Waals surface area contributed by atoms with Gasteiger partial charge in [0.15, 0.2) is 5.58 Å². The maximum Gasteiger partial charge on any atom is 0.343 e. The summed E-state index contributed by atoms with van der Waals surface area (Å²) in [7, 11) is 0. The van der Waals surface area contributed by atoms with Gasteiger partial charge in [-0.2, -0.15) is 0 Å². The summed E-state index contributed by atoms with van der Waals surface area (Å²) in [4.78, 5) is 17.5. The number of esters is 1. The van der Waals surface area contributed by atoms with E-state index in [0.29, 0.717) is 17.2 Å². The van der Waals surface area contributed by atoms with E-state index in [-0.39, 0.29) is 10.8 Å². The normalized spacial score (nSPS) is 12.2. The topological polar surface area (TPSA) is 52.3 Å². The molecule has 4 heteroatoms. The minimum atomic E-state index is -0.390. The summed E-state index contributed by atoms with van der Waals surface area (Å²) < 4.78 is 11.7. The standard InChI is InChI=1S/C30H33NO3/c1-18-15-25-26(16-19(18)2)34-27(31-25)20-9-11-21(12-10-20)28(32)33-22-13-14-23(29(3,4)5)24(17-22)30(6,7)8/h9-17H,1-8H3. The second-order valence-corrected chi connectivity index (χ2v) is 11.1. The van der Waals surface area contributed by atoms with E-state index in [4.69, 9.17) is 9.15 Å². The zero-order valence-electron chi connectivity index (χ0n) is 21.4. The third kappa shape index (κ3) is 4.77. The van der Waals surface area contributed by atoms with E-state index in [9.17, 15) is 4.79 Å². The van der Waals surface area contributed by atoms with Gasteiger partial charge >= 0.3 is 5.97 Å². The molecule has 0 saturated carbocycles. The number of carbonyl (C=O) groups excluding carboxylic acids is 1. The van der Waals surface area contributed by atoms with Crippen LogP contribution in [-0.4, -0.2) is 11.0 Å². The lowest BCUT2D eigenvalue weighted by Gasteiger charge is -2.30. The van der Waals surface area contributed by atoms with Crippen molar-refractivity contribution in [2.24, 2.45) is 0 Å². The number of aryl methyl sites for hydroxylation is 2. The summed E-state index contributed by atoms with van der Waals surface area (Å²) in [5.41, 5.74) is 7.59. The van der Waals surface area contributed by atoms with Gasteiger partial charge in [0.05, 0.1) is 5.56 Å². The quantitative estimate of drug-likeness (QED) is 0.232. The van der Waals surface area contributed by atoms with E-state index in [1.54, 1.807) is 12.1 Å². The second-order valence-electron chi connectivity index (χ2n) is 11.1. The molecule has 0 spiro atoms. The predicted octanol–water partition coefficient (Wildman–Crippen LogP) is 7.93. The Bertz CT molecular complexity index is 1320. The van der Waals surface area contributed by atoms with E-state index in [2.05, 4.69) is 66.4 Å². The number of aromatic nitrogens is 1. The van der Waals surface area contributed by atoms with Crippen molar-refractivity contribution in [3.63, 3.8) is 0 Å². The number of fused-ring (bicyclic) bond motifs is 1. The molecule has 1 heterocycles. The number of benzene rings is 3. The van der Waals surface area contributed by atoms with Crippen molar-refractivity contribution in [1.29, 1.82) is 0 Å². The van der Waals surface area contributed by atoms with Gasteiger partial charge in [-0.05, 0) is 95.5 Å². The van der Waals surface area contributed by atoms with Crippen LogP contribution in [0, 0.1) is 13.8 Å². The molecule has 34 heavy (non-hydrogen) atoms. The molecule has 0 aliphatic heterocycles. The van der Waals surface area contributed by atoms with Gasteiger partial charge in [0.1, 0.15) is 11.3 Å². The Hall–Kier alpha value is -3.40. The second kappa shape index (κ2) is 8.43. The lowest BCUT2D eigenvalue weighted by molar-refractivity contribution is 0.0734. The Morgan fingerprint density at radius 3 is 2.03 bits per heavy atom. The Kier molecular flexibility index (Phi) is 5.89. The maximum atomic E-state index is 12.9. The van der Waals surface area contributed by atoms with E-state index >= 15 is 0 Å². The Morgan fingerprint density at radius 1 is 0.794 bits per heavy atom. The molecule has 176 valence electrons. The number of ether oxygens (including phenoxy) is 1. The molecular weight excluding hydrogens is 422 g/mol. The summed E-state index contributed by atoms with van der Waals surface area (Å²) in [5, 5.41) is 0. The summed E-state index contributed by atoms with van der Waals surface area (Å²) in [6.45, 7) is 17.2. The monoisotopic (exact) mass is 455 g/mol. The molecule has 0 aliphatic rings. The van der Waals surface area contributed by atoms with Crippen molar-refractivity contribution >= 4 is 17.1 Å². The number of nitrogens with zero attached hydrogens (tertiary/aromatic N) is 1. The van der Waals surface area contributed by atoms with Crippen LogP contribution in [0.2, 0.25) is 0 Å². The molecule has 0 amide bonds. The summed E-state index contributed by atoms with van der Waals surface area (Å²) in [5.74, 6) is 0.697. The van der Waals surface area contributed by atoms with Crippen LogP contribution >= 0.6 is 0 Å². The first-order valence-corrected chi connectivity index (χ1v) is 11.7. The first kappa shape index (κ1) is 23.7. The summed E-state index contributed by atoms with van der Waals surface area (Å²) in [6, 6.07) is 17.1. The molecule has 0 radical (unpaired) electrons. The zero-order chi connectivity index (χ0) is 24.8. The fourth-order valence-corrected chi connectivity index (χ4v) is 4.08. The SMILES string of the molecule is Cc1cc2nc(-c3ccc(C(=O)Oc4ccc(C(C)(C)C)c(C(C)(C)C)c4)cc3)oc2cc1C. The highest BCUT2D eigenvalue weighted by Crippen LogP contribution is 2.36. The number of carbonyl (C=O) groups is 1. The maximum absolute atomic E-state index is 12.9. The summed E-state index contributed by atoms with van der Waals surface area (Å²) in [6.07, 6.45) is 0. The predicted molar refractivity (Wildman–Crippen MR) is 138 cm³/mol. The number of hydrogen-bond donors (Lipinski definition) is 0. The highest BCUT2D eigenvalue weighted by Gasteiger charge is 2.26. The van der Waals surface area contributed by atoms with Crippen LogP contribution in [0.15, 0.2) is 59.0 Å². The Balaban J connectivity index is 1.57. The summed E-state index contributed by atoms with van der Waals surface area (Å²) >= 11 is 0. The van der Waals surface area contributed by atoms with Crippen LogP contribution in [0.1, 0.15) is 74.2 Å². The van der Waals surface area contributed by atoms with Crippen LogP contribution in [-0.2, 0) is 10.8 Å². The van der Waals surface area contributed by atoms with Crippen LogP contribution < -0.4 is 4.74 Å². The first-order valence-electron chi connectivity index (χ1n) is 11.7. The van der Waals surface area contributed by atoms with Crippen molar-refractivity contribution in [3.05, 3.63) is 82.4 Å². The third-order valence-corrected chi connectivity index (χ3v) is 6.19. The van der Waals surface area contributed by atoms with E-state index in [0.717, 1.165) is 16.7 Å². The first-order chi connectivity index (χ1) is 15.8. The zero-order valence-corrected chi connectivity index (χ0v) is 21.4. The number of hydrogen-bond acceptors (Lipinski definition) is 4. The van der Waals surface area contributed by atoms with Crippen molar-refractivity contribution in [3.8, 4) is 17.2 Å². The molecular formula is C30H33NO3. The lowest BCUT2D eigenvalue weighted by Crippen LogP contribution is -2.22. The molecule has 1 aromatic heterocycles. The van der Waals surface area contributed by atoms with Crippen LogP contribution in [0.4, 0.5) is 0 Å². The largest absolute Gasteiger partial charge is 0.436 e. The van der Waals surface area contributed by atoms with Crippen molar-refractivity contribution in [1.82, 2.24) is 4.98 Å². The molecule has 0 unspecified atom stereocenters. The van der Waals surface area contributed by atoms with Gasteiger partial charge in [-0.1, -0.05) is 47.6 Å². The van der Waals surface area contributed by atoms with Gasteiger partial charge in [-0.15, -0.1) is 0 Å². The van der Waals surface area contributed by atoms with Crippen LogP contribution in [0.5, 0.6) is 5.75 Å². The van der Waals surface area contributed by atoms with E-state index in [1.807, 2.05) is 36.4 Å². The molecule has 0 aliphatic carbocycles. The minimum Gasteiger partial charge on any atom is -0.436 e. The molecule has 3 aromatic carbocycles. The molecule has 0 atom stereocenters. The molecule has 4 nitrogen and oxygen atoms in total. The Labute approximate surface area is 202 Å². The van der Waals surface area contributed by atoms with Gasteiger partial charge in [0, 0.05) is 5.56 Å². The molecule has 0 saturated heterocycles. The van der Waals surface area contributed by atoms with E-state index in [1.165, 1.54) is 22.3 Å². The highest BCUT2D eigenvalue weighted by molar-refractivity contribution is 5.91. The molecule has 0 N–H and O–H groups in total. The van der Waals surface area contributed by atoms with E-state index < -0.39 is 5.97 Å². The van der Waals surface area contributed by atoms with Gasteiger partial charge in [0.25, 0.3) is 0 Å². The minimum absolute atomic E-state index is 0.00304. The molecule has 0 fully saturated rings. The Morgan fingerprint density at radius 2 is 1.41 bits per heavy atom.